The summed E-state index contributed by atoms with van der Waals surface area (Å²) in [5.41, 5.74) is 2.43. The van der Waals surface area contributed by atoms with E-state index in [9.17, 15) is 31.5 Å². The molecule has 0 aliphatic heterocycles. The molecule has 5 aromatic rings. The second kappa shape index (κ2) is 19.2. The first kappa shape index (κ1) is 40.0. The second-order valence-electron chi connectivity index (χ2n) is 10.9. The normalized spacial score (nSPS) is 10.6. The zero-order valence-corrected chi connectivity index (χ0v) is 29.9. The van der Waals surface area contributed by atoms with Gasteiger partial charge in [0.05, 0.1) is 23.7 Å². The highest BCUT2D eigenvalue weighted by Gasteiger charge is 2.26. The maximum absolute atomic E-state index is 15.7. The SMILES string of the molecule is CCNCC(=O)N(Cc1ccc(Br)cc1)c1cc(OCc2ccccc2)c(C(=O)OCc2ccccc2)cc1F.Fc1c(F)c(F)c(S)c(F)c1F. The standard InChI is InChI=1S/C32H30BrFN2O4.C6HF5S/c1-2-35-19-31(37)36(20-23-13-15-26(33)16-14-23)29-18-30(39-21-24-9-5-3-6-10-24)27(17-28(29)34)32(38)40-22-25-11-7-4-8-12-25;7-1-2(8)4(10)6(12)5(11)3(1)9/h3-18,35H,2,19-22H2,1H3;12H. The minimum absolute atomic E-state index is 0.00786. The Bertz CT molecular complexity index is 1890. The molecule has 0 aromatic heterocycles. The number of rotatable bonds is 12. The van der Waals surface area contributed by atoms with Crippen molar-refractivity contribution in [2.45, 2.75) is 31.6 Å². The minimum Gasteiger partial charge on any atom is -0.488 e. The largest absolute Gasteiger partial charge is 0.488 e. The average molecular weight is 806 g/mol. The summed E-state index contributed by atoms with van der Waals surface area (Å²) >= 11 is 6.52. The first-order valence-corrected chi connectivity index (χ1v) is 16.8. The third kappa shape index (κ3) is 10.6. The number of hydrogen-bond acceptors (Lipinski definition) is 6. The highest BCUT2D eigenvalue weighted by atomic mass is 79.9. The topological polar surface area (TPSA) is 67.9 Å². The van der Waals surface area contributed by atoms with Crippen molar-refractivity contribution in [3.8, 4) is 5.75 Å². The van der Waals surface area contributed by atoms with E-state index < -0.39 is 45.8 Å². The van der Waals surface area contributed by atoms with Gasteiger partial charge in [0.15, 0.2) is 23.3 Å². The van der Waals surface area contributed by atoms with Gasteiger partial charge in [-0.2, -0.15) is 0 Å². The van der Waals surface area contributed by atoms with Crippen molar-refractivity contribution < 1.29 is 45.4 Å². The molecule has 0 spiro atoms. The number of likely N-dealkylation sites (N-methyl/N-ethyl adjacent to an activating group) is 1. The van der Waals surface area contributed by atoms with E-state index in [1.54, 1.807) is 0 Å². The van der Waals surface area contributed by atoms with Gasteiger partial charge in [0.2, 0.25) is 11.7 Å². The summed E-state index contributed by atoms with van der Waals surface area (Å²) in [5.74, 6) is -11.7. The number of esters is 1. The third-order valence-electron chi connectivity index (χ3n) is 7.28. The summed E-state index contributed by atoms with van der Waals surface area (Å²) in [4.78, 5) is 26.5. The zero-order chi connectivity index (χ0) is 37.8. The summed E-state index contributed by atoms with van der Waals surface area (Å²) in [7, 11) is 0. The van der Waals surface area contributed by atoms with Crippen LogP contribution in [0.15, 0.2) is 106 Å². The number of carbonyl (C=O) groups is 2. The fourth-order valence-electron chi connectivity index (χ4n) is 4.57. The molecule has 0 radical (unpaired) electrons. The lowest BCUT2D eigenvalue weighted by molar-refractivity contribution is -0.118. The number of ether oxygens (including phenoxy) is 2. The molecule has 5 aromatic carbocycles. The van der Waals surface area contributed by atoms with E-state index in [1.807, 2.05) is 91.9 Å². The first-order chi connectivity index (χ1) is 24.9. The van der Waals surface area contributed by atoms with Crippen molar-refractivity contribution in [3.05, 3.63) is 159 Å². The fourth-order valence-corrected chi connectivity index (χ4v) is 5.03. The van der Waals surface area contributed by atoms with Crippen molar-refractivity contribution in [1.82, 2.24) is 5.32 Å². The highest BCUT2D eigenvalue weighted by Crippen LogP contribution is 2.32. The molecule has 1 N–H and O–H groups in total. The Labute approximate surface area is 309 Å². The smallest absolute Gasteiger partial charge is 0.342 e. The Morgan fingerprint density at radius 3 is 1.83 bits per heavy atom. The highest BCUT2D eigenvalue weighted by molar-refractivity contribution is 9.10. The molecule has 0 atom stereocenters. The van der Waals surface area contributed by atoms with Crippen LogP contribution in [-0.4, -0.2) is 25.0 Å². The summed E-state index contributed by atoms with van der Waals surface area (Å²) in [6, 6.07) is 28.6. The van der Waals surface area contributed by atoms with Crippen LogP contribution < -0.4 is 15.0 Å². The summed E-state index contributed by atoms with van der Waals surface area (Å²) < 4.78 is 89.4. The monoisotopic (exact) mass is 804 g/mol. The molecule has 0 fully saturated rings. The zero-order valence-electron chi connectivity index (χ0n) is 27.4. The van der Waals surface area contributed by atoms with Crippen LogP contribution in [-0.2, 0) is 29.3 Å². The van der Waals surface area contributed by atoms with E-state index in [4.69, 9.17) is 9.47 Å². The molecule has 14 heteroatoms. The van der Waals surface area contributed by atoms with E-state index in [-0.39, 0.29) is 49.2 Å². The molecule has 6 nitrogen and oxygen atoms in total. The fraction of sp³-hybridized carbons (Fsp3) is 0.158. The molecule has 0 heterocycles. The van der Waals surface area contributed by atoms with Crippen LogP contribution >= 0.6 is 28.6 Å². The Hall–Kier alpha value is -4.79. The van der Waals surface area contributed by atoms with E-state index >= 15 is 4.39 Å². The number of nitrogens with one attached hydrogen (secondary N) is 1. The van der Waals surface area contributed by atoms with Crippen LogP contribution in [0.2, 0.25) is 0 Å². The summed E-state index contributed by atoms with van der Waals surface area (Å²) in [5, 5.41) is 3.01. The van der Waals surface area contributed by atoms with E-state index in [0.717, 1.165) is 27.2 Å². The molecule has 0 saturated carbocycles. The van der Waals surface area contributed by atoms with E-state index in [0.29, 0.717) is 6.54 Å². The van der Waals surface area contributed by atoms with Crippen LogP contribution in [0.5, 0.6) is 5.75 Å². The average Bonchev–Trinajstić information content (AvgIpc) is 3.17. The number of benzene rings is 5. The van der Waals surface area contributed by atoms with Gasteiger partial charge in [-0.25, -0.2) is 31.1 Å². The molecule has 0 aliphatic carbocycles. The van der Waals surface area contributed by atoms with Gasteiger partial charge in [-0.15, -0.1) is 12.6 Å². The van der Waals surface area contributed by atoms with Crippen molar-refractivity contribution in [3.63, 3.8) is 0 Å². The summed E-state index contributed by atoms with van der Waals surface area (Å²) in [6.07, 6.45) is 0. The molecule has 52 heavy (non-hydrogen) atoms. The maximum Gasteiger partial charge on any atom is 0.342 e. The van der Waals surface area contributed by atoms with Gasteiger partial charge >= 0.3 is 5.97 Å². The lowest BCUT2D eigenvalue weighted by atomic mass is 10.1. The van der Waals surface area contributed by atoms with Gasteiger partial charge < -0.3 is 19.7 Å². The van der Waals surface area contributed by atoms with Gasteiger partial charge in [-0.1, -0.05) is 95.7 Å². The second-order valence-corrected chi connectivity index (χ2v) is 12.3. The maximum atomic E-state index is 15.7. The number of carbonyl (C=O) groups excluding carboxylic acids is 2. The van der Waals surface area contributed by atoms with Gasteiger partial charge in [0.25, 0.3) is 0 Å². The number of amides is 1. The molecule has 0 aliphatic rings. The Morgan fingerprint density at radius 2 is 1.27 bits per heavy atom. The lowest BCUT2D eigenvalue weighted by Gasteiger charge is -2.25. The predicted octanol–water partition coefficient (Wildman–Crippen LogP) is 9.34. The van der Waals surface area contributed by atoms with E-state index in [1.165, 1.54) is 11.0 Å². The Morgan fingerprint density at radius 1 is 0.731 bits per heavy atom. The quantitative estimate of drug-likeness (QED) is 0.0433. The van der Waals surface area contributed by atoms with E-state index in [2.05, 4.69) is 33.9 Å². The minimum atomic E-state index is -2.18. The van der Waals surface area contributed by atoms with Crippen molar-refractivity contribution in [2.75, 3.05) is 18.0 Å². The lowest BCUT2D eigenvalue weighted by Crippen LogP contribution is -2.38. The molecule has 0 saturated heterocycles. The molecule has 5 rings (SSSR count). The van der Waals surface area contributed by atoms with Crippen LogP contribution in [0.4, 0.5) is 32.0 Å². The molecular weight excluding hydrogens is 774 g/mol. The predicted molar refractivity (Wildman–Crippen MR) is 190 cm³/mol. The van der Waals surface area contributed by atoms with Crippen LogP contribution in [0.25, 0.3) is 0 Å². The first-order valence-electron chi connectivity index (χ1n) is 15.6. The number of hydrogen-bond donors (Lipinski definition) is 2. The van der Waals surface area contributed by atoms with Crippen LogP contribution in [0.1, 0.15) is 34.0 Å². The molecule has 1 amide bonds. The molecule has 0 unspecified atom stereocenters. The van der Waals surface area contributed by atoms with Gasteiger partial charge in [0.1, 0.15) is 30.3 Å². The van der Waals surface area contributed by atoms with Crippen molar-refractivity contribution in [2.24, 2.45) is 0 Å². The van der Waals surface area contributed by atoms with Gasteiger partial charge in [0, 0.05) is 10.5 Å². The van der Waals surface area contributed by atoms with Gasteiger partial charge in [-0.05, 0) is 41.4 Å². The molecule has 272 valence electrons. The van der Waals surface area contributed by atoms with Crippen molar-refractivity contribution in [1.29, 1.82) is 0 Å². The Balaban J connectivity index is 0.000000427. The van der Waals surface area contributed by atoms with Crippen LogP contribution in [0, 0.1) is 34.9 Å². The summed E-state index contributed by atoms with van der Waals surface area (Å²) in [6.45, 7) is 2.79. The molecular formula is C38H31BrF6N2O4S. The number of halogens is 7. The van der Waals surface area contributed by atoms with Crippen LogP contribution in [0.3, 0.4) is 0 Å². The molecule has 0 bridgehead atoms. The number of nitrogens with zero attached hydrogens (tertiary/aromatic N) is 1. The van der Waals surface area contributed by atoms with Crippen molar-refractivity contribution >= 4 is 46.1 Å². The third-order valence-corrected chi connectivity index (χ3v) is 8.20. The number of thiol groups is 1. The Kier molecular flexibility index (Phi) is 14.7. The number of anilines is 1. The van der Waals surface area contributed by atoms with Gasteiger partial charge in [-0.3, -0.25) is 4.79 Å².